The van der Waals surface area contributed by atoms with Crippen LogP contribution < -0.4 is 10.5 Å². The number of ether oxygens (including phenoxy) is 1. The highest BCUT2D eigenvalue weighted by Gasteiger charge is 2.03. The van der Waals surface area contributed by atoms with Crippen LogP contribution in [0.3, 0.4) is 0 Å². The molecule has 0 heterocycles. The molecule has 1 rings (SSSR count). The van der Waals surface area contributed by atoms with Crippen molar-refractivity contribution in [3.8, 4) is 5.75 Å². The summed E-state index contributed by atoms with van der Waals surface area (Å²) in [6.07, 6.45) is 7.63. The van der Waals surface area contributed by atoms with E-state index in [0.717, 1.165) is 24.3 Å². The Bertz CT molecular complexity index is 324. The SMILES string of the molecule is CCCCCCCCOc1ccc([C@@H](N)CO)cc1. The summed E-state index contributed by atoms with van der Waals surface area (Å²) in [4.78, 5) is 0. The average Bonchev–Trinajstić information content (AvgIpc) is 2.46. The van der Waals surface area contributed by atoms with E-state index in [9.17, 15) is 0 Å². The summed E-state index contributed by atoms with van der Waals surface area (Å²) >= 11 is 0. The first kappa shape index (κ1) is 16.0. The van der Waals surface area contributed by atoms with Gasteiger partial charge in [-0.3, -0.25) is 0 Å². The summed E-state index contributed by atoms with van der Waals surface area (Å²) in [5.74, 6) is 0.877. The third-order valence-electron chi connectivity index (χ3n) is 3.27. The van der Waals surface area contributed by atoms with Gasteiger partial charge in [0.25, 0.3) is 0 Å². The van der Waals surface area contributed by atoms with Crippen LogP contribution in [0, 0.1) is 0 Å². The van der Waals surface area contributed by atoms with Crippen LogP contribution in [0.5, 0.6) is 5.75 Å². The molecule has 0 saturated heterocycles. The predicted molar refractivity (Wildman–Crippen MR) is 79.3 cm³/mol. The van der Waals surface area contributed by atoms with Gasteiger partial charge in [-0.2, -0.15) is 0 Å². The van der Waals surface area contributed by atoms with Gasteiger partial charge in [-0.1, -0.05) is 51.2 Å². The van der Waals surface area contributed by atoms with E-state index in [1.54, 1.807) is 0 Å². The molecule has 0 aliphatic rings. The Kier molecular flexibility index (Phi) is 8.26. The van der Waals surface area contributed by atoms with Gasteiger partial charge in [-0.15, -0.1) is 0 Å². The van der Waals surface area contributed by atoms with Crippen molar-refractivity contribution in [2.24, 2.45) is 5.73 Å². The number of rotatable bonds is 10. The zero-order chi connectivity index (χ0) is 13.9. The highest BCUT2D eigenvalue weighted by atomic mass is 16.5. The zero-order valence-electron chi connectivity index (χ0n) is 12.0. The lowest BCUT2D eigenvalue weighted by molar-refractivity contribution is 0.267. The Morgan fingerprint density at radius 3 is 2.32 bits per heavy atom. The molecule has 0 aliphatic heterocycles. The van der Waals surface area contributed by atoms with Crippen LogP contribution in [-0.2, 0) is 0 Å². The number of aliphatic hydroxyl groups excluding tert-OH is 1. The van der Waals surface area contributed by atoms with Gasteiger partial charge in [-0.05, 0) is 24.1 Å². The molecule has 19 heavy (non-hydrogen) atoms. The van der Waals surface area contributed by atoms with Crippen LogP contribution in [0.15, 0.2) is 24.3 Å². The molecule has 108 valence electrons. The number of nitrogens with two attached hydrogens (primary N) is 1. The Hall–Kier alpha value is -1.06. The Balaban J connectivity index is 2.16. The van der Waals surface area contributed by atoms with Crippen molar-refractivity contribution in [3.63, 3.8) is 0 Å². The van der Waals surface area contributed by atoms with Crippen LogP contribution in [0.1, 0.15) is 57.1 Å². The fourth-order valence-corrected chi connectivity index (χ4v) is 1.99. The van der Waals surface area contributed by atoms with Gasteiger partial charge in [0.1, 0.15) is 5.75 Å². The van der Waals surface area contributed by atoms with Crippen molar-refractivity contribution in [3.05, 3.63) is 29.8 Å². The van der Waals surface area contributed by atoms with Crippen LogP contribution in [0.2, 0.25) is 0 Å². The lowest BCUT2D eigenvalue weighted by Gasteiger charge is -2.10. The topological polar surface area (TPSA) is 55.5 Å². The number of hydrogen-bond donors (Lipinski definition) is 2. The third kappa shape index (κ3) is 6.60. The molecule has 0 fully saturated rings. The summed E-state index contributed by atoms with van der Waals surface area (Å²) in [6.45, 7) is 2.98. The standard InChI is InChI=1S/C16H27NO2/c1-2-3-4-5-6-7-12-19-15-10-8-14(9-11-15)16(17)13-18/h8-11,16,18H,2-7,12-13,17H2,1H3/t16-/m0/s1. The van der Waals surface area contributed by atoms with Crippen LogP contribution in [-0.4, -0.2) is 18.3 Å². The fourth-order valence-electron chi connectivity index (χ4n) is 1.99. The minimum Gasteiger partial charge on any atom is -0.494 e. The molecule has 0 spiro atoms. The first-order valence-corrected chi connectivity index (χ1v) is 7.37. The smallest absolute Gasteiger partial charge is 0.119 e. The summed E-state index contributed by atoms with van der Waals surface area (Å²) in [7, 11) is 0. The van der Waals surface area contributed by atoms with Crippen molar-refractivity contribution in [1.82, 2.24) is 0 Å². The number of aliphatic hydroxyl groups is 1. The quantitative estimate of drug-likeness (QED) is 0.637. The van der Waals surface area contributed by atoms with E-state index in [1.807, 2.05) is 24.3 Å². The molecule has 0 aliphatic carbocycles. The molecular formula is C16H27NO2. The minimum absolute atomic E-state index is 0.0298. The second-order valence-corrected chi connectivity index (χ2v) is 4.97. The Morgan fingerprint density at radius 2 is 1.68 bits per heavy atom. The molecule has 0 amide bonds. The van der Waals surface area contributed by atoms with Gasteiger partial charge in [0.2, 0.25) is 0 Å². The highest BCUT2D eigenvalue weighted by Crippen LogP contribution is 2.16. The largest absolute Gasteiger partial charge is 0.494 e. The molecule has 1 aromatic carbocycles. The lowest BCUT2D eigenvalue weighted by atomic mass is 10.1. The molecule has 0 saturated carbocycles. The van der Waals surface area contributed by atoms with Gasteiger partial charge < -0.3 is 15.6 Å². The zero-order valence-corrected chi connectivity index (χ0v) is 12.0. The first-order chi connectivity index (χ1) is 9.27. The van der Waals surface area contributed by atoms with Gasteiger partial charge in [0.15, 0.2) is 0 Å². The number of unbranched alkanes of at least 4 members (excludes halogenated alkanes) is 5. The summed E-state index contributed by atoms with van der Waals surface area (Å²) in [5.41, 5.74) is 6.67. The lowest BCUT2D eigenvalue weighted by Crippen LogP contribution is -2.14. The monoisotopic (exact) mass is 265 g/mol. The summed E-state index contributed by atoms with van der Waals surface area (Å²) in [6, 6.07) is 7.37. The van der Waals surface area contributed by atoms with Crippen molar-refractivity contribution in [2.45, 2.75) is 51.5 Å². The maximum Gasteiger partial charge on any atom is 0.119 e. The predicted octanol–water partition coefficient (Wildman–Crippen LogP) is 3.42. The van der Waals surface area contributed by atoms with Crippen molar-refractivity contribution >= 4 is 0 Å². The van der Waals surface area contributed by atoms with E-state index in [-0.39, 0.29) is 12.6 Å². The highest BCUT2D eigenvalue weighted by molar-refractivity contribution is 5.29. The molecule has 0 unspecified atom stereocenters. The maximum absolute atomic E-state index is 8.96. The first-order valence-electron chi connectivity index (χ1n) is 7.37. The van der Waals surface area contributed by atoms with E-state index in [0.29, 0.717) is 0 Å². The van der Waals surface area contributed by atoms with Crippen molar-refractivity contribution in [1.29, 1.82) is 0 Å². The van der Waals surface area contributed by atoms with Gasteiger partial charge >= 0.3 is 0 Å². The van der Waals surface area contributed by atoms with Gasteiger partial charge in [0.05, 0.1) is 19.3 Å². The fraction of sp³-hybridized carbons (Fsp3) is 0.625. The number of benzene rings is 1. The summed E-state index contributed by atoms with van der Waals surface area (Å²) < 4.78 is 5.68. The van der Waals surface area contributed by atoms with E-state index < -0.39 is 0 Å². The second kappa shape index (κ2) is 9.82. The van der Waals surface area contributed by atoms with Gasteiger partial charge in [-0.25, -0.2) is 0 Å². The minimum atomic E-state index is -0.299. The molecular weight excluding hydrogens is 238 g/mol. The van der Waals surface area contributed by atoms with E-state index in [4.69, 9.17) is 15.6 Å². The van der Waals surface area contributed by atoms with Crippen LogP contribution >= 0.6 is 0 Å². The van der Waals surface area contributed by atoms with Crippen molar-refractivity contribution in [2.75, 3.05) is 13.2 Å². The van der Waals surface area contributed by atoms with E-state index >= 15 is 0 Å². The van der Waals surface area contributed by atoms with Crippen molar-refractivity contribution < 1.29 is 9.84 Å². The van der Waals surface area contributed by atoms with E-state index in [1.165, 1.54) is 32.1 Å². The molecule has 1 atom stereocenters. The molecule has 0 bridgehead atoms. The molecule has 0 radical (unpaired) electrons. The van der Waals surface area contributed by atoms with Crippen LogP contribution in [0.25, 0.3) is 0 Å². The molecule has 1 aromatic rings. The third-order valence-corrected chi connectivity index (χ3v) is 3.27. The Labute approximate surface area is 116 Å². The van der Waals surface area contributed by atoms with E-state index in [2.05, 4.69) is 6.92 Å². The average molecular weight is 265 g/mol. The molecule has 3 nitrogen and oxygen atoms in total. The summed E-state index contributed by atoms with van der Waals surface area (Å²) in [5, 5.41) is 8.96. The molecule has 3 N–H and O–H groups in total. The van der Waals surface area contributed by atoms with Crippen LogP contribution in [0.4, 0.5) is 0 Å². The molecule has 3 heteroatoms. The molecule has 0 aromatic heterocycles. The maximum atomic E-state index is 8.96. The second-order valence-electron chi connectivity index (χ2n) is 4.97. The normalized spacial score (nSPS) is 12.4. The number of hydrogen-bond acceptors (Lipinski definition) is 3. The Morgan fingerprint density at radius 1 is 1.05 bits per heavy atom. The van der Waals surface area contributed by atoms with Gasteiger partial charge in [0, 0.05) is 0 Å².